The van der Waals surface area contributed by atoms with E-state index < -0.39 is 4.92 Å². The van der Waals surface area contributed by atoms with Crippen molar-refractivity contribution in [3.05, 3.63) is 52.5 Å². The van der Waals surface area contributed by atoms with Gasteiger partial charge < -0.3 is 14.9 Å². The average molecular weight is 309 g/mol. The van der Waals surface area contributed by atoms with Gasteiger partial charge in [-0.25, -0.2) is 9.55 Å². The van der Waals surface area contributed by atoms with E-state index in [1.807, 2.05) is 44.2 Å². The molecule has 6 heteroatoms. The lowest BCUT2D eigenvalue weighted by Gasteiger charge is -2.06. The van der Waals surface area contributed by atoms with Crippen LogP contribution in [0.2, 0.25) is 0 Å². The molecule has 0 fully saturated rings. The first kappa shape index (κ1) is 21.9. The maximum atomic E-state index is 10.8. The van der Waals surface area contributed by atoms with Crippen LogP contribution in [0.3, 0.4) is 0 Å². The SMILES string of the molecule is C.C.CC.Cc1ncc([N+](=O)[O-])n1CCOc1ccccc1. The van der Waals surface area contributed by atoms with Gasteiger partial charge in [-0.2, -0.15) is 0 Å². The maximum Gasteiger partial charge on any atom is 0.342 e. The van der Waals surface area contributed by atoms with Gasteiger partial charge in [0.2, 0.25) is 0 Å². The van der Waals surface area contributed by atoms with Gasteiger partial charge in [0.15, 0.2) is 5.82 Å². The van der Waals surface area contributed by atoms with Gasteiger partial charge in [-0.1, -0.05) is 46.9 Å². The number of nitro groups is 1. The molecule has 0 radical (unpaired) electrons. The van der Waals surface area contributed by atoms with Crippen molar-refractivity contribution >= 4 is 5.82 Å². The van der Waals surface area contributed by atoms with Crippen molar-refractivity contribution < 1.29 is 9.66 Å². The second kappa shape index (κ2) is 11.3. The quantitative estimate of drug-likeness (QED) is 0.603. The number of ether oxygens (including phenoxy) is 1. The second-order valence-electron chi connectivity index (χ2n) is 3.73. The Kier molecular flexibility index (Phi) is 11.3. The van der Waals surface area contributed by atoms with E-state index in [9.17, 15) is 10.1 Å². The molecular weight excluding hydrogens is 282 g/mol. The van der Waals surface area contributed by atoms with Crippen molar-refractivity contribution in [3.8, 4) is 5.75 Å². The molecule has 22 heavy (non-hydrogen) atoms. The van der Waals surface area contributed by atoms with Gasteiger partial charge in [0.25, 0.3) is 0 Å². The van der Waals surface area contributed by atoms with Gasteiger partial charge in [0.1, 0.15) is 25.1 Å². The Labute approximate surface area is 132 Å². The van der Waals surface area contributed by atoms with Crippen LogP contribution in [0.4, 0.5) is 5.82 Å². The molecule has 0 bridgehead atoms. The molecule has 1 aromatic heterocycles. The van der Waals surface area contributed by atoms with Crippen molar-refractivity contribution in [2.75, 3.05) is 6.61 Å². The van der Waals surface area contributed by atoms with Gasteiger partial charge in [0, 0.05) is 6.92 Å². The topological polar surface area (TPSA) is 70.2 Å². The van der Waals surface area contributed by atoms with Gasteiger partial charge in [0.05, 0.1) is 0 Å². The Balaban J connectivity index is 0. The van der Waals surface area contributed by atoms with E-state index in [0.717, 1.165) is 5.75 Å². The molecule has 0 saturated carbocycles. The zero-order valence-corrected chi connectivity index (χ0v) is 11.9. The number of hydrogen-bond donors (Lipinski definition) is 0. The smallest absolute Gasteiger partial charge is 0.342 e. The minimum absolute atomic E-state index is 0. The minimum atomic E-state index is -0.442. The first-order valence-corrected chi connectivity index (χ1v) is 6.53. The van der Waals surface area contributed by atoms with E-state index in [2.05, 4.69) is 4.98 Å². The minimum Gasteiger partial charge on any atom is -0.489 e. The van der Waals surface area contributed by atoms with Crippen LogP contribution >= 0.6 is 0 Å². The summed E-state index contributed by atoms with van der Waals surface area (Å²) in [6, 6.07) is 9.34. The highest BCUT2D eigenvalue weighted by atomic mass is 16.6. The molecule has 6 nitrogen and oxygen atoms in total. The normalized spacial score (nSPS) is 8.68. The third-order valence-electron chi connectivity index (χ3n) is 2.55. The van der Waals surface area contributed by atoms with Crippen LogP contribution < -0.4 is 4.74 Å². The Morgan fingerprint density at radius 1 is 1.23 bits per heavy atom. The Bertz CT molecular complexity index is 539. The van der Waals surface area contributed by atoms with E-state index in [-0.39, 0.29) is 20.7 Å². The molecule has 2 rings (SSSR count). The van der Waals surface area contributed by atoms with Crippen molar-refractivity contribution in [3.63, 3.8) is 0 Å². The standard InChI is InChI=1S/C12H13N3O3.C2H6.2CH4/c1-10-13-9-12(15(16)17)14(10)7-8-18-11-5-3-2-4-6-11;1-2;;/h2-6,9H,7-8H2,1H3;1-2H3;2*1H4. The summed E-state index contributed by atoms with van der Waals surface area (Å²) >= 11 is 0. The molecule has 0 amide bonds. The number of imidazole rings is 1. The molecule has 0 aliphatic carbocycles. The second-order valence-corrected chi connectivity index (χ2v) is 3.73. The monoisotopic (exact) mass is 309 g/mol. The van der Waals surface area contributed by atoms with Crippen LogP contribution in [0.1, 0.15) is 34.5 Å². The van der Waals surface area contributed by atoms with Crippen LogP contribution in [-0.4, -0.2) is 21.1 Å². The summed E-state index contributed by atoms with van der Waals surface area (Å²) in [5, 5.41) is 10.8. The number of rotatable bonds is 5. The molecule has 0 aliphatic rings. The van der Waals surface area contributed by atoms with E-state index in [4.69, 9.17) is 4.74 Å². The van der Waals surface area contributed by atoms with Crippen LogP contribution in [0.25, 0.3) is 0 Å². The summed E-state index contributed by atoms with van der Waals surface area (Å²) in [6.07, 6.45) is 1.26. The zero-order valence-electron chi connectivity index (χ0n) is 11.9. The van der Waals surface area contributed by atoms with Crippen molar-refractivity contribution in [1.82, 2.24) is 9.55 Å². The molecular formula is C16H27N3O3. The van der Waals surface area contributed by atoms with Gasteiger partial charge in [-0.05, 0) is 17.1 Å². The zero-order chi connectivity index (χ0) is 15.0. The molecule has 0 atom stereocenters. The summed E-state index contributed by atoms with van der Waals surface area (Å²) in [5.74, 6) is 1.35. The summed E-state index contributed by atoms with van der Waals surface area (Å²) in [6.45, 7) is 6.49. The van der Waals surface area contributed by atoms with Crippen molar-refractivity contribution in [2.45, 2.75) is 42.2 Å². The molecule has 124 valence electrons. The van der Waals surface area contributed by atoms with E-state index in [0.29, 0.717) is 19.0 Å². The first-order chi connectivity index (χ1) is 9.68. The summed E-state index contributed by atoms with van der Waals surface area (Å²) in [4.78, 5) is 14.3. The third-order valence-corrected chi connectivity index (χ3v) is 2.55. The fraction of sp³-hybridized carbons (Fsp3) is 0.438. The number of aromatic nitrogens is 2. The van der Waals surface area contributed by atoms with Crippen LogP contribution in [-0.2, 0) is 6.54 Å². The van der Waals surface area contributed by atoms with Crippen molar-refractivity contribution in [2.24, 2.45) is 0 Å². The molecule has 1 heterocycles. The lowest BCUT2D eigenvalue weighted by Crippen LogP contribution is -2.11. The first-order valence-electron chi connectivity index (χ1n) is 6.53. The number of hydrogen-bond acceptors (Lipinski definition) is 4. The van der Waals surface area contributed by atoms with Crippen molar-refractivity contribution in [1.29, 1.82) is 0 Å². The number of aryl methyl sites for hydroxylation is 1. The lowest BCUT2D eigenvalue weighted by atomic mass is 10.3. The van der Waals surface area contributed by atoms with Gasteiger partial charge >= 0.3 is 5.82 Å². The summed E-state index contributed by atoms with van der Waals surface area (Å²) < 4.78 is 7.03. The fourth-order valence-corrected chi connectivity index (χ4v) is 1.65. The lowest BCUT2D eigenvalue weighted by molar-refractivity contribution is -0.392. The number of nitrogens with zero attached hydrogens (tertiary/aromatic N) is 3. The molecule has 0 aliphatic heterocycles. The van der Waals surface area contributed by atoms with Crippen LogP contribution in [0.5, 0.6) is 5.75 Å². The predicted octanol–water partition coefficient (Wildman–Crippen LogP) is 4.48. The highest BCUT2D eigenvalue weighted by Crippen LogP contribution is 2.14. The maximum absolute atomic E-state index is 10.8. The highest BCUT2D eigenvalue weighted by Gasteiger charge is 2.16. The third kappa shape index (κ3) is 5.95. The summed E-state index contributed by atoms with van der Waals surface area (Å²) in [5.41, 5.74) is 0. The Hall–Kier alpha value is -2.37. The average Bonchev–Trinajstić information content (AvgIpc) is 2.84. The van der Waals surface area contributed by atoms with Gasteiger partial charge in [-0.3, -0.25) is 0 Å². The van der Waals surface area contributed by atoms with Gasteiger partial charge in [-0.15, -0.1) is 0 Å². The summed E-state index contributed by atoms with van der Waals surface area (Å²) in [7, 11) is 0. The van der Waals surface area contributed by atoms with E-state index in [1.54, 1.807) is 6.92 Å². The van der Waals surface area contributed by atoms with E-state index >= 15 is 0 Å². The molecule has 0 spiro atoms. The predicted molar refractivity (Wildman–Crippen MR) is 90.4 cm³/mol. The van der Waals surface area contributed by atoms with Crippen LogP contribution in [0, 0.1) is 17.0 Å². The Morgan fingerprint density at radius 2 is 1.82 bits per heavy atom. The molecule has 2 aromatic rings. The number of benzene rings is 1. The molecule has 0 unspecified atom stereocenters. The number of para-hydroxylation sites is 1. The molecule has 1 aromatic carbocycles. The molecule has 0 N–H and O–H groups in total. The fourth-order valence-electron chi connectivity index (χ4n) is 1.65. The van der Waals surface area contributed by atoms with E-state index in [1.165, 1.54) is 10.8 Å². The molecule has 0 saturated heterocycles. The van der Waals surface area contributed by atoms with Crippen LogP contribution in [0.15, 0.2) is 36.5 Å². The highest BCUT2D eigenvalue weighted by molar-refractivity contribution is 5.21. The Morgan fingerprint density at radius 3 is 2.36 bits per heavy atom. The largest absolute Gasteiger partial charge is 0.489 e.